The molecule has 1 aliphatic rings. The van der Waals surface area contributed by atoms with Gasteiger partial charge >= 0.3 is 0 Å². The summed E-state index contributed by atoms with van der Waals surface area (Å²) in [5.41, 5.74) is 12.7. The highest BCUT2D eigenvalue weighted by molar-refractivity contribution is 6.31. The molecule has 0 saturated carbocycles. The monoisotopic (exact) mass is 363 g/mol. The lowest BCUT2D eigenvalue weighted by molar-refractivity contribution is -0.114. The Kier molecular flexibility index (Phi) is 6.12. The molecule has 25 heavy (non-hydrogen) atoms. The first-order valence-electron chi connectivity index (χ1n) is 7.71. The minimum absolute atomic E-state index is 0.0937. The highest BCUT2D eigenvalue weighted by Crippen LogP contribution is 2.23. The Hall–Kier alpha value is -2.43. The van der Waals surface area contributed by atoms with Crippen LogP contribution in [0.5, 0.6) is 0 Å². The summed E-state index contributed by atoms with van der Waals surface area (Å²) in [4.78, 5) is 18.6. The molecule has 1 atom stereocenters. The van der Waals surface area contributed by atoms with Gasteiger partial charge in [0.25, 0.3) is 5.91 Å². The first kappa shape index (κ1) is 18.9. The van der Waals surface area contributed by atoms with Crippen LogP contribution in [0.2, 0.25) is 5.02 Å². The molecule has 132 valence electrons. The second-order valence-electron chi connectivity index (χ2n) is 5.90. The molecule has 1 aromatic carbocycles. The highest BCUT2D eigenvalue weighted by Gasteiger charge is 2.26. The van der Waals surface area contributed by atoms with Crippen molar-refractivity contribution in [2.75, 3.05) is 20.1 Å². The van der Waals surface area contributed by atoms with Crippen molar-refractivity contribution < 1.29 is 9.18 Å². The Morgan fingerprint density at radius 2 is 2.24 bits per heavy atom. The third-order valence-electron chi connectivity index (χ3n) is 3.90. The predicted octanol–water partition coefficient (Wildman–Crippen LogP) is 1.69. The van der Waals surface area contributed by atoms with E-state index in [1.165, 1.54) is 18.2 Å². The fourth-order valence-electron chi connectivity index (χ4n) is 2.75. The highest BCUT2D eigenvalue weighted by atomic mass is 35.5. The Bertz CT molecular complexity index is 784. The molecule has 0 aliphatic carbocycles. The van der Waals surface area contributed by atoms with Gasteiger partial charge in [0, 0.05) is 19.5 Å². The fourth-order valence-corrected chi connectivity index (χ4v) is 2.93. The van der Waals surface area contributed by atoms with Crippen LogP contribution in [0.1, 0.15) is 18.4 Å². The lowest BCUT2D eigenvalue weighted by Crippen LogP contribution is -2.41. The quantitative estimate of drug-likeness (QED) is 0.776. The molecule has 8 heteroatoms. The van der Waals surface area contributed by atoms with Crippen LogP contribution in [0.25, 0.3) is 5.70 Å². The van der Waals surface area contributed by atoms with Gasteiger partial charge in [-0.15, -0.1) is 0 Å². The van der Waals surface area contributed by atoms with Crippen LogP contribution in [0.15, 0.2) is 28.8 Å². The molecule has 0 aromatic heterocycles. The fraction of sp³-hybridized carbons (Fsp3) is 0.353. The van der Waals surface area contributed by atoms with E-state index in [-0.39, 0.29) is 22.3 Å². The van der Waals surface area contributed by atoms with Crippen LogP contribution in [0.3, 0.4) is 0 Å². The maximum absolute atomic E-state index is 13.4. The number of nitriles is 1. The van der Waals surface area contributed by atoms with Crippen molar-refractivity contribution in [3.63, 3.8) is 0 Å². The Labute approximate surface area is 150 Å². The number of rotatable bonds is 5. The van der Waals surface area contributed by atoms with Gasteiger partial charge in [-0.25, -0.2) is 4.39 Å². The molecule has 2 rings (SSSR count). The van der Waals surface area contributed by atoms with Crippen LogP contribution in [0.4, 0.5) is 4.39 Å². The molecule has 1 heterocycles. The molecule has 1 aliphatic heterocycles. The third-order valence-corrected chi connectivity index (χ3v) is 4.19. The minimum Gasteiger partial charge on any atom is -0.398 e. The van der Waals surface area contributed by atoms with Crippen molar-refractivity contribution >= 4 is 28.9 Å². The van der Waals surface area contributed by atoms with E-state index in [1.54, 1.807) is 0 Å². The SMILES string of the molecule is CN1CC(C(C(N)=O)=C(N)c2ccc(F)c(Cl)c2)=NC(CCC#N)C1. The van der Waals surface area contributed by atoms with E-state index in [4.69, 9.17) is 28.3 Å². The third kappa shape index (κ3) is 4.56. The first-order chi connectivity index (χ1) is 11.8. The number of nitrogens with zero attached hydrogens (tertiary/aromatic N) is 3. The number of aliphatic imine (C=N–C) groups is 1. The van der Waals surface area contributed by atoms with Crippen molar-refractivity contribution in [2.45, 2.75) is 18.9 Å². The maximum atomic E-state index is 13.4. The van der Waals surface area contributed by atoms with Gasteiger partial charge in [-0.3, -0.25) is 14.7 Å². The molecule has 0 bridgehead atoms. The summed E-state index contributed by atoms with van der Waals surface area (Å²) in [5, 5.41) is 8.65. The number of amides is 1. The topological polar surface area (TPSA) is 108 Å². The molecule has 0 radical (unpaired) electrons. The van der Waals surface area contributed by atoms with Crippen molar-refractivity contribution in [1.82, 2.24) is 4.90 Å². The van der Waals surface area contributed by atoms with E-state index in [9.17, 15) is 9.18 Å². The largest absolute Gasteiger partial charge is 0.398 e. The number of hydrogen-bond donors (Lipinski definition) is 2. The lowest BCUT2D eigenvalue weighted by atomic mass is 9.99. The number of carbonyl (C=O) groups is 1. The van der Waals surface area contributed by atoms with Gasteiger partial charge in [0.2, 0.25) is 0 Å². The number of nitrogens with two attached hydrogens (primary N) is 2. The molecule has 0 spiro atoms. The second kappa shape index (κ2) is 8.10. The molecule has 1 amide bonds. The van der Waals surface area contributed by atoms with Gasteiger partial charge in [-0.05, 0) is 37.2 Å². The van der Waals surface area contributed by atoms with Crippen LogP contribution in [0, 0.1) is 17.1 Å². The second-order valence-corrected chi connectivity index (χ2v) is 6.31. The average Bonchev–Trinajstić information content (AvgIpc) is 2.54. The summed E-state index contributed by atoms with van der Waals surface area (Å²) in [6.45, 7) is 1.08. The van der Waals surface area contributed by atoms with E-state index in [2.05, 4.69) is 11.1 Å². The average molecular weight is 364 g/mol. The van der Waals surface area contributed by atoms with Gasteiger partial charge in [-0.2, -0.15) is 5.26 Å². The van der Waals surface area contributed by atoms with Gasteiger partial charge in [0.1, 0.15) is 5.82 Å². The van der Waals surface area contributed by atoms with E-state index in [0.717, 1.165) is 0 Å². The van der Waals surface area contributed by atoms with E-state index < -0.39 is 11.7 Å². The summed E-state index contributed by atoms with van der Waals surface area (Å²) < 4.78 is 13.4. The van der Waals surface area contributed by atoms with Crippen LogP contribution in [-0.4, -0.2) is 42.7 Å². The molecular formula is C17H19ClFN5O. The number of hydrogen-bond acceptors (Lipinski definition) is 5. The summed E-state index contributed by atoms with van der Waals surface area (Å²) in [6, 6.07) is 5.92. The van der Waals surface area contributed by atoms with Crippen LogP contribution in [-0.2, 0) is 4.79 Å². The standard InChI is InChI=1S/C17H19ClFN5O/c1-24-8-11(3-2-6-20)23-14(9-24)15(17(22)25)16(21)10-4-5-13(19)12(18)7-10/h4-5,7,11H,2-3,8-9,21H2,1H3,(H2,22,25). The first-order valence-corrected chi connectivity index (χ1v) is 8.08. The van der Waals surface area contributed by atoms with Gasteiger partial charge < -0.3 is 11.5 Å². The predicted molar refractivity (Wildman–Crippen MR) is 95.3 cm³/mol. The number of carbonyl (C=O) groups excluding carboxylic acids is 1. The van der Waals surface area contributed by atoms with Gasteiger partial charge in [0.05, 0.1) is 34.1 Å². The lowest BCUT2D eigenvalue weighted by Gasteiger charge is -2.29. The molecule has 0 fully saturated rings. The number of primary amides is 1. The number of likely N-dealkylation sites (N-methyl/N-ethyl adjacent to an activating group) is 1. The van der Waals surface area contributed by atoms with Crippen molar-refractivity contribution in [3.05, 3.63) is 40.2 Å². The van der Waals surface area contributed by atoms with E-state index in [1.807, 2.05) is 11.9 Å². The Morgan fingerprint density at radius 1 is 1.52 bits per heavy atom. The number of halogens is 2. The zero-order valence-corrected chi connectivity index (χ0v) is 14.6. The van der Waals surface area contributed by atoms with Crippen LogP contribution >= 0.6 is 11.6 Å². The minimum atomic E-state index is -0.717. The molecular weight excluding hydrogens is 345 g/mol. The maximum Gasteiger partial charge on any atom is 0.252 e. The van der Waals surface area contributed by atoms with Crippen molar-refractivity contribution in [3.8, 4) is 6.07 Å². The van der Waals surface area contributed by atoms with Gasteiger partial charge in [0.15, 0.2) is 0 Å². The van der Waals surface area contributed by atoms with Gasteiger partial charge in [-0.1, -0.05) is 11.6 Å². The summed E-state index contributed by atoms with van der Waals surface area (Å²) in [7, 11) is 1.89. The summed E-state index contributed by atoms with van der Waals surface area (Å²) in [5.74, 6) is -1.30. The molecule has 4 N–H and O–H groups in total. The van der Waals surface area contributed by atoms with E-state index in [0.29, 0.717) is 37.2 Å². The molecule has 6 nitrogen and oxygen atoms in total. The molecule has 1 unspecified atom stereocenters. The normalized spacial score (nSPS) is 19.0. The smallest absolute Gasteiger partial charge is 0.252 e. The zero-order chi connectivity index (χ0) is 18.6. The summed E-state index contributed by atoms with van der Waals surface area (Å²) in [6.07, 6.45) is 0.951. The summed E-state index contributed by atoms with van der Waals surface area (Å²) >= 11 is 5.79. The van der Waals surface area contributed by atoms with Crippen molar-refractivity contribution in [2.24, 2.45) is 16.5 Å². The molecule has 1 aromatic rings. The number of benzene rings is 1. The van der Waals surface area contributed by atoms with E-state index >= 15 is 0 Å². The Morgan fingerprint density at radius 3 is 2.84 bits per heavy atom. The Balaban J connectivity index is 2.48. The molecule has 0 saturated heterocycles. The zero-order valence-electron chi connectivity index (χ0n) is 13.8. The van der Waals surface area contributed by atoms with Crippen LogP contribution < -0.4 is 11.5 Å². The van der Waals surface area contributed by atoms with Crippen molar-refractivity contribution in [1.29, 1.82) is 5.26 Å².